The SMILES string of the molecule is CO[C@H]1/C=C/CCCCCOC/C(C)=C\[C@@H](C)[C@@H]1OCC(C)=O. The molecule has 1 aliphatic rings. The lowest BCUT2D eigenvalue weighted by Crippen LogP contribution is -2.36. The van der Waals surface area contributed by atoms with Crippen LogP contribution < -0.4 is 0 Å². The van der Waals surface area contributed by atoms with Crippen LogP contribution in [0, 0.1) is 5.92 Å². The number of carbonyl (C=O) groups excluding carboxylic acids is 1. The van der Waals surface area contributed by atoms with Crippen LogP contribution in [0.15, 0.2) is 23.8 Å². The van der Waals surface area contributed by atoms with Gasteiger partial charge in [0.05, 0.1) is 12.7 Å². The van der Waals surface area contributed by atoms with E-state index in [0.717, 1.165) is 25.9 Å². The molecule has 3 atom stereocenters. The van der Waals surface area contributed by atoms with E-state index in [0.29, 0.717) is 6.61 Å². The number of ketones is 1. The summed E-state index contributed by atoms with van der Waals surface area (Å²) in [6, 6.07) is 0. The molecule has 0 spiro atoms. The van der Waals surface area contributed by atoms with Gasteiger partial charge in [-0.1, -0.05) is 37.1 Å². The van der Waals surface area contributed by atoms with Gasteiger partial charge in [-0.15, -0.1) is 0 Å². The van der Waals surface area contributed by atoms with Gasteiger partial charge < -0.3 is 14.2 Å². The fourth-order valence-electron chi connectivity index (χ4n) is 2.78. The zero-order valence-electron chi connectivity index (χ0n) is 15.0. The first-order valence-corrected chi connectivity index (χ1v) is 8.60. The van der Waals surface area contributed by atoms with Crippen LogP contribution in [0.1, 0.15) is 46.5 Å². The van der Waals surface area contributed by atoms with Gasteiger partial charge in [0.25, 0.3) is 0 Å². The molecule has 0 amide bonds. The molecule has 0 radical (unpaired) electrons. The summed E-state index contributed by atoms with van der Waals surface area (Å²) in [5.74, 6) is 0.162. The first-order valence-electron chi connectivity index (χ1n) is 8.60. The molecule has 0 aromatic heterocycles. The third kappa shape index (κ3) is 8.45. The molecule has 0 bridgehead atoms. The molecule has 4 nitrogen and oxygen atoms in total. The van der Waals surface area contributed by atoms with Crippen LogP contribution in [0.3, 0.4) is 0 Å². The van der Waals surface area contributed by atoms with Gasteiger partial charge in [-0.05, 0) is 33.1 Å². The Morgan fingerprint density at radius 2 is 2.13 bits per heavy atom. The Hall–Kier alpha value is -0.970. The van der Waals surface area contributed by atoms with Gasteiger partial charge in [-0.2, -0.15) is 0 Å². The molecule has 0 aromatic rings. The predicted molar refractivity (Wildman–Crippen MR) is 92.6 cm³/mol. The Morgan fingerprint density at radius 3 is 2.83 bits per heavy atom. The topological polar surface area (TPSA) is 44.8 Å². The molecular formula is C19H32O4. The lowest BCUT2D eigenvalue weighted by molar-refractivity contribution is -0.127. The molecule has 1 rings (SSSR count). The quantitative estimate of drug-likeness (QED) is 0.740. The highest BCUT2D eigenvalue weighted by molar-refractivity contribution is 5.76. The Balaban J connectivity index is 2.89. The average Bonchev–Trinajstić information content (AvgIpc) is 2.50. The second kappa shape index (κ2) is 11.5. The van der Waals surface area contributed by atoms with Gasteiger partial charge in [0.2, 0.25) is 0 Å². The Kier molecular flexibility index (Phi) is 10.1. The average molecular weight is 324 g/mol. The van der Waals surface area contributed by atoms with Crippen molar-refractivity contribution in [2.45, 2.75) is 58.7 Å². The molecule has 0 saturated carbocycles. The standard InChI is InChI=1S/C19H32O4/c1-15-12-16(2)19(23-14-17(3)20)18(21-4)10-8-6-5-7-9-11-22-13-15/h8,10,12,16,18-19H,5-7,9,11,13-14H2,1-4H3/b10-8+,15-12-/t16-,18+,19+/m1/s1. The fraction of sp³-hybridized carbons (Fsp3) is 0.737. The number of hydrogen-bond donors (Lipinski definition) is 0. The lowest BCUT2D eigenvalue weighted by Gasteiger charge is -2.28. The highest BCUT2D eigenvalue weighted by Gasteiger charge is 2.25. The van der Waals surface area contributed by atoms with Gasteiger partial charge in [0, 0.05) is 19.6 Å². The lowest BCUT2D eigenvalue weighted by atomic mass is 9.96. The predicted octanol–water partition coefficient (Wildman–Crippen LogP) is 3.70. The summed E-state index contributed by atoms with van der Waals surface area (Å²) < 4.78 is 17.2. The van der Waals surface area contributed by atoms with Crippen molar-refractivity contribution >= 4 is 5.78 Å². The van der Waals surface area contributed by atoms with Crippen molar-refractivity contribution in [3.05, 3.63) is 23.8 Å². The number of Topliss-reactive ketones (excluding diaryl/α,β-unsaturated/α-hetero) is 1. The van der Waals surface area contributed by atoms with E-state index in [2.05, 4.69) is 32.1 Å². The Bertz CT molecular complexity index is 400. The van der Waals surface area contributed by atoms with Gasteiger partial charge in [-0.3, -0.25) is 4.79 Å². The fourth-order valence-corrected chi connectivity index (χ4v) is 2.78. The van der Waals surface area contributed by atoms with Crippen LogP contribution in [-0.2, 0) is 19.0 Å². The van der Waals surface area contributed by atoms with E-state index < -0.39 is 0 Å². The molecular weight excluding hydrogens is 292 g/mol. The summed E-state index contributed by atoms with van der Waals surface area (Å²) in [5.41, 5.74) is 1.19. The third-order valence-electron chi connectivity index (χ3n) is 3.96. The van der Waals surface area contributed by atoms with E-state index >= 15 is 0 Å². The number of methoxy groups -OCH3 is 1. The van der Waals surface area contributed by atoms with E-state index in [-0.39, 0.29) is 30.5 Å². The van der Waals surface area contributed by atoms with Crippen molar-refractivity contribution in [2.24, 2.45) is 5.92 Å². The summed E-state index contributed by atoms with van der Waals surface area (Å²) >= 11 is 0. The van der Waals surface area contributed by atoms with Crippen LogP contribution in [0.2, 0.25) is 0 Å². The second-order valence-electron chi connectivity index (χ2n) is 6.38. The van der Waals surface area contributed by atoms with E-state index in [9.17, 15) is 4.79 Å². The zero-order valence-corrected chi connectivity index (χ0v) is 15.0. The summed E-state index contributed by atoms with van der Waals surface area (Å²) in [4.78, 5) is 11.3. The molecule has 23 heavy (non-hydrogen) atoms. The highest BCUT2D eigenvalue weighted by atomic mass is 16.5. The van der Waals surface area contributed by atoms with Crippen molar-refractivity contribution in [3.63, 3.8) is 0 Å². The molecule has 1 heterocycles. The van der Waals surface area contributed by atoms with Gasteiger partial charge in [-0.25, -0.2) is 0 Å². The summed E-state index contributed by atoms with van der Waals surface area (Å²) in [7, 11) is 1.69. The van der Waals surface area contributed by atoms with Crippen LogP contribution in [0.4, 0.5) is 0 Å². The molecule has 4 heteroatoms. The van der Waals surface area contributed by atoms with Crippen molar-refractivity contribution in [3.8, 4) is 0 Å². The van der Waals surface area contributed by atoms with Crippen LogP contribution >= 0.6 is 0 Å². The van der Waals surface area contributed by atoms with Gasteiger partial charge in [0.1, 0.15) is 12.7 Å². The second-order valence-corrected chi connectivity index (χ2v) is 6.38. The minimum Gasteiger partial charge on any atom is -0.377 e. The molecule has 0 aromatic carbocycles. The van der Waals surface area contributed by atoms with Crippen LogP contribution in [-0.4, -0.2) is 44.9 Å². The maximum absolute atomic E-state index is 11.3. The summed E-state index contributed by atoms with van der Waals surface area (Å²) in [6.07, 6.45) is 10.5. The van der Waals surface area contributed by atoms with E-state index in [1.54, 1.807) is 14.0 Å². The Labute approximate surface area is 140 Å². The highest BCUT2D eigenvalue weighted by Crippen LogP contribution is 2.19. The van der Waals surface area contributed by atoms with Crippen molar-refractivity contribution in [1.29, 1.82) is 0 Å². The van der Waals surface area contributed by atoms with Crippen molar-refractivity contribution in [1.82, 2.24) is 0 Å². The normalized spacial score (nSPS) is 31.7. The van der Waals surface area contributed by atoms with Gasteiger partial charge in [0.15, 0.2) is 5.78 Å². The number of allylic oxidation sites excluding steroid dienone is 1. The first-order chi connectivity index (χ1) is 11.0. The molecule has 132 valence electrons. The van der Waals surface area contributed by atoms with Crippen LogP contribution in [0.5, 0.6) is 0 Å². The largest absolute Gasteiger partial charge is 0.377 e. The monoisotopic (exact) mass is 324 g/mol. The number of rotatable bonds is 4. The molecule has 0 unspecified atom stereocenters. The zero-order chi connectivity index (χ0) is 17.1. The molecule has 0 N–H and O–H groups in total. The van der Waals surface area contributed by atoms with Crippen LogP contribution in [0.25, 0.3) is 0 Å². The van der Waals surface area contributed by atoms with E-state index in [1.165, 1.54) is 12.0 Å². The maximum atomic E-state index is 11.3. The van der Waals surface area contributed by atoms with E-state index in [4.69, 9.17) is 14.2 Å². The maximum Gasteiger partial charge on any atom is 0.155 e. The summed E-state index contributed by atoms with van der Waals surface area (Å²) in [6.45, 7) is 7.29. The summed E-state index contributed by atoms with van der Waals surface area (Å²) in [5, 5.41) is 0. The minimum absolute atomic E-state index is 0.0273. The molecule has 0 saturated heterocycles. The van der Waals surface area contributed by atoms with Crippen molar-refractivity contribution in [2.75, 3.05) is 26.9 Å². The minimum atomic E-state index is -0.182. The number of hydrogen-bond acceptors (Lipinski definition) is 4. The van der Waals surface area contributed by atoms with E-state index in [1.807, 2.05) is 0 Å². The molecule has 0 aliphatic carbocycles. The smallest absolute Gasteiger partial charge is 0.155 e. The Morgan fingerprint density at radius 1 is 1.35 bits per heavy atom. The third-order valence-corrected chi connectivity index (χ3v) is 3.96. The first kappa shape index (κ1) is 20.1. The van der Waals surface area contributed by atoms with Crippen molar-refractivity contribution < 1.29 is 19.0 Å². The number of carbonyl (C=O) groups is 1. The molecule has 0 fully saturated rings. The van der Waals surface area contributed by atoms with Gasteiger partial charge >= 0.3 is 0 Å². The molecule has 1 aliphatic heterocycles. The number of ether oxygens (including phenoxy) is 3.